The summed E-state index contributed by atoms with van der Waals surface area (Å²) >= 11 is 0. The average Bonchev–Trinajstić information content (AvgIpc) is 2.81. The van der Waals surface area contributed by atoms with E-state index in [1.807, 2.05) is 0 Å². The maximum atomic E-state index is 12.2. The van der Waals surface area contributed by atoms with Crippen LogP contribution in [0.3, 0.4) is 0 Å². The van der Waals surface area contributed by atoms with Gasteiger partial charge in [-0.25, -0.2) is 8.42 Å². The van der Waals surface area contributed by atoms with Crippen molar-refractivity contribution in [1.82, 2.24) is 0 Å². The van der Waals surface area contributed by atoms with Gasteiger partial charge in [-0.2, -0.15) is 12.1 Å². The molecule has 0 amide bonds. The van der Waals surface area contributed by atoms with Crippen LogP contribution < -0.4 is 10.2 Å². The van der Waals surface area contributed by atoms with Gasteiger partial charge in [0.1, 0.15) is 0 Å². The summed E-state index contributed by atoms with van der Waals surface area (Å²) in [4.78, 5) is 0.172. The van der Waals surface area contributed by atoms with Crippen molar-refractivity contribution in [2.45, 2.75) is 11.5 Å². The van der Waals surface area contributed by atoms with Crippen molar-refractivity contribution >= 4 is 28.3 Å². The second kappa shape index (κ2) is 6.30. The summed E-state index contributed by atoms with van der Waals surface area (Å²) in [5.74, 6) is 0. The molecule has 1 aliphatic heterocycles. The fraction of sp³-hybridized carbons (Fsp3) is 0.0769. The number of anilines is 1. The summed E-state index contributed by atoms with van der Waals surface area (Å²) in [5, 5.41) is 9.61. The summed E-state index contributed by atoms with van der Waals surface area (Å²) in [6.45, 7) is 0.304. The SMILES string of the molecule is O=S(=O)(Nc1[c-]cc2c(c1)B(O)OC2)c1ccccc1.[Re]. The summed E-state index contributed by atoms with van der Waals surface area (Å²) in [6, 6.07) is 14.1. The Labute approximate surface area is 137 Å². The van der Waals surface area contributed by atoms with Gasteiger partial charge in [0.15, 0.2) is 0 Å². The monoisotopic (exact) mass is 475 g/mol. The van der Waals surface area contributed by atoms with Crippen LogP contribution >= 0.6 is 0 Å². The summed E-state index contributed by atoms with van der Waals surface area (Å²) in [7, 11) is -4.67. The van der Waals surface area contributed by atoms with Crippen molar-refractivity contribution in [3.05, 3.63) is 54.1 Å². The summed E-state index contributed by atoms with van der Waals surface area (Å²) < 4.78 is 31.8. The standard InChI is InChI=1S/C13H11BNO4S.Re/c16-14-13-8-11(7-6-10(13)9-19-14)15-20(17,18)12-4-2-1-3-5-12;/h1-6,8,15-16H,9H2;/q-1;. The number of hydrogen-bond donors (Lipinski definition) is 2. The van der Waals surface area contributed by atoms with Gasteiger partial charge in [-0.3, -0.25) is 0 Å². The first-order chi connectivity index (χ1) is 9.56. The molecule has 0 unspecified atom stereocenters. The second-order valence-corrected chi connectivity index (χ2v) is 6.09. The van der Waals surface area contributed by atoms with Crippen LogP contribution in [0.15, 0.2) is 47.4 Å². The molecule has 0 aromatic heterocycles. The molecule has 109 valence electrons. The molecule has 1 aliphatic rings. The number of rotatable bonds is 3. The van der Waals surface area contributed by atoms with Crippen molar-refractivity contribution in [2.24, 2.45) is 0 Å². The van der Waals surface area contributed by atoms with Gasteiger partial charge >= 0.3 is 7.12 Å². The minimum atomic E-state index is -3.65. The Bertz CT molecular complexity index is 739. The zero-order valence-corrected chi connectivity index (χ0v) is 14.3. The van der Waals surface area contributed by atoms with Crippen LogP contribution in [-0.2, 0) is 41.7 Å². The molecular formula is C13H11BNO4ReS-. The van der Waals surface area contributed by atoms with Gasteiger partial charge in [-0.1, -0.05) is 23.9 Å². The number of nitrogens with one attached hydrogen (secondary N) is 1. The molecule has 3 rings (SSSR count). The third kappa shape index (κ3) is 3.36. The predicted molar refractivity (Wildman–Crippen MR) is 74.9 cm³/mol. The van der Waals surface area contributed by atoms with Gasteiger partial charge < -0.3 is 14.4 Å². The maximum absolute atomic E-state index is 12.2. The van der Waals surface area contributed by atoms with E-state index < -0.39 is 17.1 Å². The van der Waals surface area contributed by atoms with E-state index in [0.29, 0.717) is 12.1 Å². The van der Waals surface area contributed by atoms with Crippen molar-refractivity contribution in [1.29, 1.82) is 0 Å². The van der Waals surface area contributed by atoms with E-state index in [1.54, 1.807) is 24.3 Å². The number of benzene rings is 2. The molecule has 0 aliphatic carbocycles. The molecular weight excluding hydrogens is 463 g/mol. The normalized spacial score (nSPS) is 13.5. The predicted octanol–water partition coefficient (Wildman–Crippen LogP) is 0.503. The number of hydrogen-bond acceptors (Lipinski definition) is 4. The van der Waals surface area contributed by atoms with Crippen molar-refractivity contribution in [3.8, 4) is 0 Å². The van der Waals surface area contributed by atoms with Crippen LogP contribution in [0, 0.1) is 6.07 Å². The minimum absolute atomic E-state index is 0. The zero-order chi connectivity index (χ0) is 14.2. The van der Waals surface area contributed by atoms with Crippen LogP contribution in [-0.4, -0.2) is 20.6 Å². The molecule has 0 bridgehead atoms. The van der Waals surface area contributed by atoms with Gasteiger partial charge in [-0.05, 0) is 12.1 Å². The first-order valence-electron chi connectivity index (χ1n) is 5.98. The molecule has 0 fully saturated rings. The fourth-order valence-corrected chi connectivity index (χ4v) is 3.05. The molecule has 0 saturated heterocycles. The van der Waals surface area contributed by atoms with Crippen LogP contribution in [0.5, 0.6) is 0 Å². The van der Waals surface area contributed by atoms with E-state index in [4.69, 9.17) is 4.65 Å². The molecule has 2 aromatic carbocycles. The van der Waals surface area contributed by atoms with Crippen LogP contribution in [0.25, 0.3) is 0 Å². The Balaban J connectivity index is 0.00000161. The smallest absolute Gasteiger partial charge is 0.424 e. The van der Waals surface area contributed by atoms with Gasteiger partial charge in [0, 0.05) is 27.0 Å². The minimum Gasteiger partial charge on any atom is -0.424 e. The summed E-state index contributed by atoms with van der Waals surface area (Å²) in [6.07, 6.45) is 0. The van der Waals surface area contributed by atoms with Gasteiger partial charge in [0.2, 0.25) is 0 Å². The average molecular weight is 474 g/mol. The van der Waals surface area contributed by atoms with Crippen molar-refractivity contribution in [3.63, 3.8) is 0 Å². The van der Waals surface area contributed by atoms with Gasteiger partial charge in [0.05, 0.1) is 4.90 Å². The molecule has 1 heterocycles. The Morgan fingerprint density at radius 3 is 2.71 bits per heavy atom. The molecule has 5 nitrogen and oxygen atoms in total. The van der Waals surface area contributed by atoms with Crippen LogP contribution in [0.4, 0.5) is 5.69 Å². The maximum Gasteiger partial charge on any atom is 0.465 e. The van der Waals surface area contributed by atoms with E-state index in [9.17, 15) is 13.4 Å². The topological polar surface area (TPSA) is 75.6 Å². The molecule has 0 spiro atoms. The third-order valence-corrected chi connectivity index (χ3v) is 4.41. The molecule has 21 heavy (non-hydrogen) atoms. The third-order valence-electron chi connectivity index (χ3n) is 3.03. The van der Waals surface area contributed by atoms with Crippen molar-refractivity contribution < 1.29 is 38.5 Å². The first kappa shape index (κ1) is 16.2. The molecule has 1 radical (unpaired) electrons. The second-order valence-electron chi connectivity index (χ2n) is 4.41. The quantitative estimate of drug-likeness (QED) is 0.502. The molecule has 8 heteroatoms. The molecule has 0 atom stereocenters. The van der Waals surface area contributed by atoms with Gasteiger partial charge in [0.25, 0.3) is 10.0 Å². The number of fused-ring (bicyclic) bond motifs is 1. The first-order valence-corrected chi connectivity index (χ1v) is 7.46. The summed E-state index contributed by atoms with van der Waals surface area (Å²) in [5.41, 5.74) is 1.65. The van der Waals surface area contributed by atoms with E-state index in [-0.39, 0.29) is 31.0 Å². The Kier molecular flexibility index (Phi) is 4.87. The van der Waals surface area contributed by atoms with E-state index in [0.717, 1.165) is 5.56 Å². The number of sulfonamides is 1. The largest absolute Gasteiger partial charge is 0.465 e. The van der Waals surface area contributed by atoms with Gasteiger partial charge in [-0.15, -0.1) is 17.1 Å². The van der Waals surface area contributed by atoms with E-state index in [2.05, 4.69) is 10.8 Å². The Morgan fingerprint density at radius 1 is 1.29 bits per heavy atom. The van der Waals surface area contributed by atoms with Crippen LogP contribution in [0.2, 0.25) is 0 Å². The fourth-order valence-electron chi connectivity index (χ4n) is 2.01. The van der Waals surface area contributed by atoms with E-state index in [1.165, 1.54) is 18.2 Å². The zero-order valence-electron chi connectivity index (χ0n) is 10.8. The molecule has 2 aromatic rings. The Morgan fingerprint density at radius 2 is 2.00 bits per heavy atom. The molecule has 0 saturated carbocycles. The van der Waals surface area contributed by atoms with Crippen molar-refractivity contribution in [2.75, 3.05) is 4.72 Å². The van der Waals surface area contributed by atoms with Crippen LogP contribution in [0.1, 0.15) is 5.56 Å². The van der Waals surface area contributed by atoms with E-state index >= 15 is 0 Å². The molecule has 2 N–H and O–H groups in total. The Hall–Kier alpha value is -1.16.